The smallest absolute Gasteiger partial charge is 0.0693 e. The average molecular weight is 243 g/mol. The van der Waals surface area contributed by atoms with Crippen molar-refractivity contribution in [2.24, 2.45) is 0 Å². The maximum absolute atomic E-state index is 5.54. The van der Waals surface area contributed by atoms with Crippen molar-refractivity contribution in [2.45, 2.75) is 5.88 Å². The minimum absolute atomic E-state index is 0. The molecule has 0 N–H and O–H groups in total. The second kappa shape index (κ2) is 4.94. The van der Waals surface area contributed by atoms with E-state index >= 15 is 0 Å². The van der Waals surface area contributed by atoms with Gasteiger partial charge >= 0.3 is 0 Å². The van der Waals surface area contributed by atoms with E-state index in [0.717, 1.165) is 10.2 Å². The predicted octanol–water partition coefficient (Wildman–Crippen LogP) is 3.00. The molecule has 0 radical (unpaired) electrons. The highest BCUT2D eigenvalue weighted by Gasteiger charge is 1.94. The molecule has 0 amide bonds. The van der Waals surface area contributed by atoms with Gasteiger partial charge in [-0.25, -0.2) is 0 Å². The van der Waals surface area contributed by atoms with Crippen LogP contribution in [0.25, 0.3) is 0 Å². The summed E-state index contributed by atoms with van der Waals surface area (Å²) in [7, 11) is 0. The van der Waals surface area contributed by atoms with Crippen molar-refractivity contribution < 1.29 is 0 Å². The van der Waals surface area contributed by atoms with Crippen LogP contribution in [0.1, 0.15) is 5.69 Å². The predicted molar refractivity (Wildman–Crippen MR) is 48.7 cm³/mol. The Bertz CT molecular complexity index is 205. The third kappa shape index (κ3) is 2.45. The van der Waals surface area contributed by atoms with Gasteiger partial charge in [-0.3, -0.25) is 4.98 Å². The first-order valence-electron chi connectivity index (χ1n) is 2.50. The summed E-state index contributed by atoms with van der Waals surface area (Å²) in [5.41, 5.74) is 0.888. The maximum atomic E-state index is 5.54. The zero-order chi connectivity index (χ0) is 6.69. The molecule has 1 aromatic heterocycles. The van der Waals surface area contributed by atoms with Gasteiger partial charge in [0.2, 0.25) is 0 Å². The molecule has 1 nitrogen and oxygen atoms in total. The second-order valence-electron chi connectivity index (χ2n) is 1.57. The first kappa shape index (κ1) is 10.2. The quantitative estimate of drug-likeness (QED) is 0.690. The van der Waals surface area contributed by atoms with E-state index in [1.54, 1.807) is 6.20 Å². The van der Waals surface area contributed by atoms with Crippen molar-refractivity contribution in [3.8, 4) is 0 Å². The van der Waals surface area contributed by atoms with E-state index in [0.29, 0.717) is 5.88 Å². The lowest BCUT2D eigenvalue weighted by Crippen LogP contribution is -1.83. The monoisotopic (exact) mass is 241 g/mol. The van der Waals surface area contributed by atoms with Crippen molar-refractivity contribution in [2.75, 3.05) is 0 Å². The third-order valence-corrected chi connectivity index (χ3v) is 1.94. The van der Waals surface area contributed by atoms with Gasteiger partial charge in [0.05, 0.1) is 11.6 Å². The zero-order valence-electron chi connectivity index (χ0n) is 5.05. The SMILES string of the molecule is Cl.ClCc1ncccc1Br. The molecule has 1 heterocycles. The van der Waals surface area contributed by atoms with E-state index in [9.17, 15) is 0 Å². The number of alkyl halides is 1. The Labute approximate surface area is 79.3 Å². The first-order chi connectivity index (χ1) is 4.34. The second-order valence-corrected chi connectivity index (χ2v) is 2.69. The summed E-state index contributed by atoms with van der Waals surface area (Å²) >= 11 is 8.85. The molecule has 1 aromatic rings. The fourth-order valence-electron chi connectivity index (χ4n) is 0.517. The molecule has 10 heavy (non-hydrogen) atoms. The van der Waals surface area contributed by atoms with Crippen molar-refractivity contribution >= 4 is 39.9 Å². The number of aromatic nitrogens is 1. The number of pyridine rings is 1. The van der Waals surface area contributed by atoms with Crippen molar-refractivity contribution in [1.82, 2.24) is 4.98 Å². The lowest BCUT2D eigenvalue weighted by Gasteiger charge is -1.94. The van der Waals surface area contributed by atoms with E-state index in [4.69, 9.17) is 11.6 Å². The minimum Gasteiger partial charge on any atom is -0.259 e. The highest BCUT2D eigenvalue weighted by molar-refractivity contribution is 9.10. The van der Waals surface area contributed by atoms with E-state index in [2.05, 4.69) is 20.9 Å². The van der Waals surface area contributed by atoms with E-state index in [1.165, 1.54) is 0 Å². The molecular weight excluding hydrogens is 237 g/mol. The number of rotatable bonds is 1. The number of hydrogen-bond acceptors (Lipinski definition) is 1. The summed E-state index contributed by atoms with van der Waals surface area (Å²) in [6.45, 7) is 0. The summed E-state index contributed by atoms with van der Waals surface area (Å²) in [5, 5.41) is 0. The normalized spacial score (nSPS) is 8.60. The molecule has 0 fully saturated rings. The van der Waals surface area contributed by atoms with Gasteiger partial charge in [0.15, 0.2) is 0 Å². The zero-order valence-corrected chi connectivity index (χ0v) is 8.21. The summed E-state index contributed by atoms with van der Waals surface area (Å²) < 4.78 is 0.972. The largest absolute Gasteiger partial charge is 0.259 e. The lowest BCUT2D eigenvalue weighted by atomic mass is 10.4. The Morgan fingerprint density at radius 3 is 2.70 bits per heavy atom. The van der Waals surface area contributed by atoms with Crippen LogP contribution in [-0.2, 0) is 5.88 Å². The molecule has 0 saturated carbocycles. The molecule has 1 rings (SSSR count). The maximum Gasteiger partial charge on any atom is 0.0693 e. The number of halogens is 3. The van der Waals surface area contributed by atoms with Crippen LogP contribution in [0.15, 0.2) is 22.8 Å². The van der Waals surface area contributed by atoms with Gasteiger partial charge in [-0.2, -0.15) is 0 Å². The van der Waals surface area contributed by atoms with Gasteiger partial charge in [0.25, 0.3) is 0 Å². The standard InChI is InChI=1S/C6H5BrClN.ClH/c7-5-2-1-3-9-6(5)4-8;/h1-3H,4H2;1H. The fraction of sp³-hybridized carbons (Fsp3) is 0.167. The fourth-order valence-corrected chi connectivity index (χ4v) is 1.29. The number of hydrogen-bond donors (Lipinski definition) is 0. The molecule has 0 bridgehead atoms. The summed E-state index contributed by atoms with van der Waals surface area (Å²) in [6, 6.07) is 3.78. The molecule has 0 aromatic carbocycles. The van der Waals surface area contributed by atoms with E-state index in [-0.39, 0.29) is 12.4 Å². The van der Waals surface area contributed by atoms with Crippen LogP contribution in [0.5, 0.6) is 0 Å². The minimum atomic E-state index is 0. The van der Waals surface area contributed by atoms with Crippen LogP contribution in [0.3, 0.4) is 0 Å². The molecule has 0 aliphatic rings. The highest BCUT2D eigenvalue weighted by atomic mass is 79.9. The van der Waals surface area contributed by atoms with Crippen LogP contribution >= 0.6 is 39.9 Å². The molecule has 56 valence electrons. The summed E-state index contributed by atoms with van der Waals surface area (Å²) in [4.78, 5) is 4.02. The van der Waals surface area contributed by atoms with E-state index < -0.39 is 0 Å². The van der Waals surface area contributed by atoms with Crippen molar-refractivity contribution in [3.05, 3.63) is 28.5 Å². The molecule has 0 unspecified atom stereocenters. The Morgan fingerprint density at radius 2 is 2.30 bits per heavy atom. The van der Waals surface area contributed by atoms with Crippen LogP contribution < -0.4 is 0 Å². The molecule has 4 heteroatoms. The molecular formula is C6H6BrCl2N. The highest BCUT2D eigenvalue weighted by Crippen LogP contribution is 2.14. The van der Waals surface area contributed by atoms with Crippen LogP contribution in [-0.4, -0.2) is 4.98 Å². The van der Waals surface area contributed by atoms with Gasteiger partial charge < -0.3 is 0 Å². The molecule has 0 saturated heterocycles. The molecule has 0 aliphatic heterocycles. The van der Waals surface area contributed by atoms with Crippen molar-refractivity contribution in [3.63, 3.8) is 0 Å². The van der Waals surface area contributed by atoms with Gasteiger partial charge in [0.1, 0.15) is 0 Å². The Kier molecular flexibility index (Phi) is 5.04. The third-order valence-electron chi connectivity index (χ3n) is 0.961. The Balaban J connectivity index is 0.000000810. The summed E-state index contributed by atoms with van der Waals surface area (Å²) in [6.07, 6.45) is 1.72. The first-order valence-corrected chi connectivity index (χ1v) is 3.82. The summed E-state index contributed by atoms with van der Waals surface area (Å²) in [5.74, 6) is 0.460. The van der Waals surface area contributed by atoms with Crippen LogP contribution in [0.2, 0.25) is 0 Å². The average Bonchev–Trinajstić information content (AvgIpc) is 1.89. The topological polar surface area (TPSA) is 12.9 Å². The molecule has 0 aliphatic carbocycles. The van der Waals surface area contributed by atoms with Crippen molar-refractivity contribution in [1.29, 1.82) is 0 Å². The van der Waals surface area contributed by atoms with Crippen LogP contribution in [0.4, 0.5) is 0 Å². The van der Waals surface area contributed by atoms with Crippen LogP contribution in [0, 0.1) is 0 Å². The van der Waals surface area contributed by atoms with Gasteiger partial charge in [-0.1, -0.05) is 0 Å². The van der Waals surface area contributed by atoms with Gasteiger partial charge in [0, 0.05) is 10.7 Å². The molecule has 0 spiro atoms. The van der Waals surface area contributed by atoms with Gasteiger partial charge in [-0.15, -0.1) is 24.0 Å². The Hall–Kier alpha value is 0.210. The van der Waals surface area contributed by atoms with E-state index in [1.807, 2.05) is 12.1 Å². The Morgan fingerprint density at radius 1 is 1.60 bits per heavy atom. The lowest BCUT2D eigenvalue weighted by molar-refractivity contribution is 1.15. The molecule has 0 atom stereocenters. The number of nitrogens with zero attached hydrogens (tertiary/aromatic N) is 1. The van der Waals surface area contributed by atoms with Gasteiger partial charge in [-0.05, 0) is 28.1 Å².